The summed E-state index contributed by atoms with van der Waals surface area (Å²) in [6.07, 6.45) is 2.77. The molecule has 1 N–H and O–H groups in total. The molecule has 7 nitrogen and oxygen atoms in total. The van der Waals surface area contributed by atoms with Gasteiger partial charge in [0.2, 0.25) is 22.4 Å². The standard InChI is InChI=1S/C26H32F4N4O3S/c27-18-6-8-21(9-7-18)38(36,37)34-16-19(28)13-22(34)25(35)31-15-20-14-23(33-17-32-20)26(10-2-1-3-11-26)12-4-5-24(29)30/h6-9,14,17,19,22,24H,1-5,10-13,15-16H2,(H,31,35)/t19-,22+/m1/s1. The summed E-state index contributed by atoms with van der Waals surface area (Å²) < 4.78 is 80.0. The predicted octanol–water partition coefficient (Wildman–Crippen LogP) is 4.67. The van der Waals surface area contributed by atoms with E-state index in [1.807, 2.05) is 0 Å². The van der Waals surface area contributed by atoms with Crippen LogP contribution in [-0.2, 0) is 26.8 Å². The van der Waals surface area contributed by atoms with Crippen LogP contribution in [0.15, 0.2) is 41.6 Å². The van der Waals surface area contributed by atoms with Gasteiger partial charge < -0.3 is 5.32 Å². The van der Waals surface area contributed by atoms with Gasteiger partial charge in [0.25, 0.3) is 0 Å². The number of benzene rings is 1. The molecule has 1 amide bonds. The van der Waals surface area contributed by atoms with Gasteiger partial charge >= 0.3 is 0 Å². The molecule has 0 bridgehead atoms. The highest BCUT2D eigenvalue weighted by atomic mass is 32.2. The minimum atomic E-state index is -4.22. The molecule has 12 heteroatoms. The molecule has 2 heterocycles. The van der Waals surface area contributed by atoms with E-state index < -0.39 is 46.9 Å². The average Bonchev–Trinajstić information content (AvgIpc) is 3.31. The Bertz CT molecular complexity index is 1210. The molecule has 0 radical (unpaired) electrons. The number of aromatic nitrogens is 2. The maximum absolute atomic E-state index is 14.3. The summed E-state index contributed by atoms with van der Waals surface area (Å²) in [5.74, 6) is -1.28. The first kappa shape index (κ1) is 28.4. The van der Waals surface area contributed by atoms with E-state index in [-0.39, 0.29) is 29.7 Å². The first-order valence-electron chi connectivity index (χ1n) is 12.9. The average molecular weight is 557 g/mol. The molecule has 1 aliphatic heterocycles. The van der Waals surface area contributed by atoms with Gasteiger partial charge in [-0.3, -0.25) is 4.79 Å². The third-order valence-electron chi connectivity index (χ3n) is 7.53. The third-order valence-corrected chi connectivity index (χ3v) is 9.42. The van der Waals surface area contributed by atoms with Crippen molar-refractivity contribution in [2.75, 3.05) is 6.54 Å². The van der Waals surface area contributed by atoms with Gasteiger partial charge in [0.15, 0.2) is 0 Å². The Kier molecular flexibility index (Phi) is 9.02. The van der Waals surface area contributed by atoms with Crippen molar-refractivity contribution in [2.45, 2.75) is 93.3 Å². The monoisotopic (exact) mass is 556 g/mol. The number of nitrogens with one attached hydrogen (secondary N) is 1. The Hall–Kier alpha value is -2.60. The number of rotatable bonds is 10. The van der Waals surface area contributed by atoms with Gasteiger partial charge in [-0.15, -0.1) is 0 Å². The largest absolute Gasteiger partial charge is 0.349 e. The molecule has 2 fully saturated rings. The molecule has 38 heavy (non-hydrogen) atoms. The van der Waals surface area contributed by atoms with Crippen LogP contribution in [0.3, 0.4) is 0 Å². The van der Waals surface area contributed by atoms with Gasteiger partial charge in [-0.1, -0.05) is 19.3 Å². The number of nitrogens with zero attached hydrogens (tertiary/aromatic N) is 3. The molecule has 1 aliphatic carbocycles. The Labute approximate surface area is 220 Å². The Morgan fingerprint density at radius 1 is 1.13 bits per heavy atom. The zero-order chi connectivity index (χ0) is 27.3. The molecule has 1 aromatic heterocycles. The number of halogens is 4. The highest BCUT2D eigenvalue weighted by molar-refractivity contribution is 7.89. The second kappa shape index (κ2) is 12.1. The van der Waals surface area contributed by atoms with Gasteiger partial charge in [0.1, 0.15) is 24.4 Å². The van der Waals surface area contributed by atoms with Crippen molar-refractivity contribution in [3.63, 3.8) is 0 Å². The number of alkyl halides is 3. The summed E-state index contributed by atoms with van der Waals surface area (Å²) >= 11 is 0. The molecule has 1 saturated carbocycles. The second-order valence-corrected chi connectivity index (χ2v) is 12.0. The Balaban J connectivity index is 1.46. The SMILES string of the molecule is O=C(NCc1cc(C2(CCCC(F)F)CCCCC2)ncn1)[C@@H]1C[C@@H](F)CN1S(=O)(=O)c1ccc(F)cc1. The summed E-state index contributed by atoms with van der Waals surface area (Å²) in [5, 5.41) is 2.66. The summed E-state index contributed by atoms with van der Waals surface area (Å²) in [4.78, 5) is 21.5. The van der Waals surface area contributed by atoms with Crippen LogP contribution in [0.2, 0.25) is 0 Å². The lowest BCUT2D eigenvalue weighted by Crippen LogP contribution is -2.45. The van der Waals surface area contributed by atoms with Gasteiger partial charge in [-0.25, -0.2) is 35.9 Å². The molecule has 2 aromatic rings. The van der Waals surface area contributed by atoms with Crippen LogP contribution in [-0.4, -0.2) is 53.8 Å². The van der Waals surface area contributed by atoms with Crippen molar-refractivity contribution in [2.24, 2.45) is 0 Å². The maximum atomic E-state index is 14.3. The Morgan fingerprint density at radius 3 is 2.53 bits per heavy atom. The van der Waals surface area contributed by atoms with Crippen molar-refractivity contribution in [1.82, 2.24) is 19.6 Å². The van der Waals surface area contributed by atoms with Crippen molar-refractivity contribution < 1.29 is 30.8 Å². The van der Waals surface area contributed by atoms with Gasteiger partial charge in [0.05, 0.1) is 22.8 Å². The van der Waals surface area contributed by atoms with E-state index in [4.69, 9.17) is 0 Å². The summed E-state index contributed by atoms with van der Waals surface area (Å²) in [6, 6.07) is 4.65. The molecule has 0 unspecified atom stereocenters. The molecule has 1 saturated heterocycles. The number of amides is 1. The van der Waals surface area contributed by atoms with E-state index in [1.54, 1.807) is 6.07 Å². The van der Waals surface area contributed by atoms with E-state index >= 15 is 0 Å². The summed E-state index contributed by atoms with van der Waals surface area (Å²) in [5.41, 5.74) is 0.933. The van der Waals surface area contributed by atoms with E-state index in [2.05, 4.69) is 15.3 Å². The molecule has 2 atom stereocenters. The Morgan fingerprint density at radius 2 is 1.84 bits per heavy atom. The minimum absolute atomic E-state index is 0.0284. The topological polar surface area (TPSA) is 92.3 Å². The van der Waals surface area contributed by atoms with E-state index in [0.29, 0.717) is 18.5 Å². The zero-order valence-electron chi connectivity index (χ0n) is 21.0. The molecule has 1 aromatic carbocycles. The number of hydrogen-bond acceptors (Lipinski definition) is 5. The quantitative estimate of drug-likeness (QED) is 0.430. The first-order chi connectivity index (χ1) is 18.1. The zero-order valence-corrected chi connectivity index (χ0v) is 21.8. The molecule has 0 spiro atoms. The van der Waals surface area contributed by atoms with Crippen molar-refractivity contribution in [1.29, 1.82) is 0 Å². The highest BCUT2D eigenvalue weighted by Gasteiger charge is 2.44. The second-order valence-electron chi connectivity index (χ2n) is 10.1. The van der Waals surface area contributed by atoms with Crippen LogP contribution in [0.4, 0.5) is 17.6 Å². The first-order valence-corrected chi connectivity index (χ1v) is 14.3. The molecule has 4 rings (SSSR count). The fourth-order valence-corrected chi connectivity index (χ4v) is 7.17. The van der Waals surface area contributed by atoms with Crippen molar-refractivity contribution in [3.8, 4) is 0 Å². The van der Waals surface area contributed by atoms with Crippen LogP contribution in [0.25, 0.3) is 0 Å². The van der Waals surface area contributed by atoms with Crippen LogP contribution in [0, 0.1) is 5.82 Å². The fraction of sp³-hybridized carbons (Fsp3) is 0.577. The van der Waals surface area contributed by atoms with Crippen molar-refractivity contribution >= 4 is 15.9 Å². The third kappa shape index (κ3) is 6.51. The van der Waals surface area contributed by atoms with Crippen LogP contribution >= 0.6 is 0 Å². The molecule has 2 aliphatic rings. The normalized spacial score (nSPS) is 22.0. The molecular formula is C26H32F4N4O3S. The van der Waals surface area contributed by atoms with Crippen LogP contribution in [0.1, 0.15) is 69.2 Å². The van der Waals surface area contributed by atoms with Gasteiger partial charge in [-0.05, 0) is 56.0 Å². The lowest BCUT2D eigenvalue weighted by molar-refractivity contribution is -0.124. The fourth-order valence-electron chi connectivity index (χ4n) is 5.54. The van der Waals surface area contributed by atoms with Crippen molar-refractivity contribution in [3.05, 3.63) is 53.9 Å². The van der Waals surface area contributed by atoms with Crippen LogP contribution in [0.5, 0.6) is 0 Å². The lowest BCUT2D eigenvalue weighted by atomic mass is 9.68. The van der Waals surface area contributed by atoms with Gasteiger partial charge in [-0.2, -0.15) is 4.31 Å². The van der Waals surface area contributed by atoms with E-state index in [1.165, 1.54) is 6.33 Å². The smallest absolute Gasteiger partial charge is 0.243 e. The summed E-state index contributed by atoms with van der Waals surface area (Å²) in [6.45, 7) is -0.504. The number of sulfonamides is 1. The van der Waals surface area contributed by atoms with Crippen LogP contribution < -0.4 is 5.32 Å². The molecule has 208 valence electrons. The minimum Gasteiger partial charge on any atom is -0.349 e. The maximum Gasteiger partial charge on any atom is 0.243 e. The van der Waals surface area contributed by atoms with Gasteiger partial charge in [0, 0.05) is 24.8 Å². The van der Waals surface area contributed by atoms with E-state index in [0.717, 1.165) is 66.4 Å². The number of carbonyl (C=O) groups is 1. The summed E-state index contributed by atoms with van der Waals surface area (Å²) in [7, 11) is -4.22. The highest BCUT2D eigenvalue weighted by Crippen LogP contribution is 2.42. The lowest BCUT2D eigenvalue weighted by Gasteiger charge is -2.37. The van der Waals surface area contributed by atoms with E-state index in [9.17, 15) is 30.8 Å². The molecular weight excluding hydrogens is 524 g/mol. The number of hydrogen-bond donors (Lipinski definition) is 1. The number of carbonyl (C=O) groups excluding carboxylic acids is 1. The predicted molar refractivity (Wildman–Crippen MR) is 132 cm³/mol.